The molecule has 2 heterocycles. The molecule has 0 aromatic heterocycles. The maximum Gasteiger partial charge on any atom is 0.302 e. The summed E-state index contributed by atoms with van der Waals surface area (Å²) in [4.78, 5) is 11.1. The van der Waals surface area contributed by atoms with Crippen LogP contribution >= 0.6 is 0 Å². The van der Waals surface area contributed by atoms with Gasteiger partial charge in [0.2, 0.25) is 0 Å². The highest BCUT2D eigenvalue weighted by Crippen LogP contribution is 2.39. The van der Waals surface area contributed by atoms with Crippen LogP contribution in [0, 0.1) is 0 Å². The van der Waals surface area contributed by atoms with E-state index in [1.54, 1.807) is 0 Å². The molecular weight excluding hydrogens is 360 g/mol. The molecule has 3 rings (SSSR count). The summed E-state index contributed by atoms with van der Waals surface area (Å²) in [5.74, 6) is -0.974. The Morgan fingerprint density at radius 2 is 1.82 bits per heavy atom. The summed E-state index contributed by atoms with van der Waals surface area (Å²) in [6.45, 7) is 6.66. The third-order valence-electron chi connectivity index (χ3n) is 4.77. The van der Waals surface area contributed by atoms with Gasteiger partial charge in [-0.15, -0.1) is 0 Å². The van der Waals surface area contributed by atoms with E-state index in [0.717, 1.165) is 12.8 Å². The van der Waals surface area contributed by atoms with Crippen molar-refractivity contribution in [3.63, 3.8) is 0 Å². The van der Waals surface area contributed by atoms with E-state index in [2.05, 4.69) is 24.3 Å². The van der Waals surface area contributed by atoms with Crippen molar-refractivity contribution in [1.29, 1.82) is 0 Å². The number of hydrogen-bond acceptors (Lipinski definition) is 6. The van der Waals surface area contributed by atoms with Crippen LogP contribution in [0.5, 0.6) is 0 Å². The summed E-state index contributed by atoms with van der Waals surface area (Å²) in [5, 5.41) is 0. The van der Waals surface area contributed by atoms with Gasteiger partial charge in [0, 0.05) is 6.92 Å². The fourth-order valence-corrected chi connectivity index (χ4v) is 3.56. The summed E-state index contributed by atoms with van der Waals surface area (Å²) in [6, 6.07) is 10.1. The van der Waals surface area contributed by atoms with Crippen molar-refractivity contribution >= 4 is 5.97 Å². The number of hydrogen-bond donors (Lipinski definition) is 0. The zero-order valence-corrected chi connectivity index (χ0v) is 16.8. The Kier molecular flexibility index (Phi) is 7.24. The van der Waals surface area contributed by atoms with Gasteiger partial charge in [-0.05, 0) is 32.3 Å². The Labute approximate surface area is 166 Å². The van der Waals surface area contributed by atoms with Crippen LogP contribution in [-0.2, 0) is 35.1 Å². The van der Waals surface area contributed by atoms with Gasteiger partial charge >= 0.3 is 5.97 Å². The summed E-state index contributed by atoms with van der Waals surface area (Å²) < 4.78 is 28.8. The average molecular weight is 390 g/mol. The first-order valence-corrected chi connectivity index (χ1v) is 9.86. The lowest BCUT2D eigenvalue weighted by Gasteiger charge is -2.23. The van der Waals surface area contributed by atoms with Crippen molar-refractivity contribution in [1.82, 2.24) is 0 Å². The molecule has 154 valence electrons. The lowest BCUT2D eigenvalue weighted by molar-refractivity contribution is -0.192. The zero-order valence-electron chi connectivity index (χ0n) is 16.8. The normalized spacial score (nSPS) is 28.5. The van der Waals surface area contributed by atoms with E-state index in [0.29, 0.717) is 13.2 Å². The number of esters is 1. The molecule has 0 aliphatic carbocycles. The van der Waals surface area contributed by atoms with Gasteiger partial charge in [0.05, 0.1) is 19.3 Å². The van der Waals surface area contributed by atoms with Crippen LogP contribution in [0.4, 0.5) is 0 Å². The maximum absolute atomic E-state index is 11.1. The average Bonchev–Trinajstić information content (AvgIpc) is 3.13. The van der Waals surface area contributed by atoms with E-state index in [1.807, 2.05) is 32.0 Å². The van der Waals surface area contributed by atoms with Crippen molar-refractivity contribution in [2.24, 2.45) is 0 Å². The molecule has 0 radical (unpaired) electrons. The first-order chi connectivity index (χ1) is 13.4. The molecule has 6 nitrogen and oxygen atoms in total. The lowest BCUT2D eigenvalue weighted by atomic mass is 10.1. The SMILES string of the molecule is CC(=O)OC[C@H]1O[C@@H](C/C=C/CCOCc2ccccc2)[C@@H]2OC(C)(C)O[C@@H]21. The topological polar surface area (TPSA) is 63.2 Å². The molecule has 28 heavy (non-hydrogen) atoms. The number of benzene rings is 1. The molecule has 2 aliphatic rings. The van der Waals surface area contributed by atoms with Crippen molar-refractivity contribution in [3.8, 4) is 0 Å². The van der Waals surface area contributed by atoms with Gasteiger partial charge < -0.3 is 23.7 Å². The molecule has 2 saturated heterocycles. The van der Waals surface area contributed by atoms with Gasteiger partial charge in [-0.25, -0.2) is 0 Å². The lowest BCUT2D eigenvalue weighted by Crippen LogP contribution is -2.33. The molecule has 2 fully saturated rings. The number of ether oxygens (including phenoxy) is 5. The Morgan fingerprint density at radius 3 is 2.54 bits per heavy atom. The van der Waals surface area contributed by atoms with Crippen LogP contribution in [0.3, 0.4) is 0 Å². The number of carbonyl (C=O) groups is 1. The molecule has 1 aromatic carbocycles. The van der Waals surface area contributed by atoms with Crippen molar-refractivity contribution < 1.29 is 28.5 Å². The van der Waals surface area contributed by atoms with Gasteiger partial charge in [-0.2, -0.15) is 0 Å². The van der Waals surface area contributed by atoms with E-state index in [4.69, 9.17) is 23.7 Å². The molecule has 1 aromatic rings. The first kappa shape index (κ1) is 21.0. The minimum atomic E-state index is -0.652. The van der Waals surface area contributed by atoms with E-state index < -0.39 is 5.79 Å². The minimum Gasteiger partial charge on any atom is -0.463 e. The van der Waals surface area contributed by atoms with Crippen molar-refractivity contribution in [2.75, 3.05) is 13.2 Å². The second-order valence-electron chi connectivity index (χ2n) is 7.61. The van der Waals surface area contributed by atoms with Gasteiger partial charge in [-0.1, -0.05) is 42.5 Å². The monoisotopic (exact) mass is 390 g/mol. The highest BCUT2D eigenvalue weighted by atomic mass is 16.8. The Balaban J connectivity index is 1.41. The molecule has 0 unspecified atom stereocenters. The van der Waals surface area contributed by atoms with Gasteiger partial charge in [0.15, 0.2) is 5.79 Å². The molecule has 0 N–H and O–H groups in total. The molecule has 2 aliphatic heterocycles. The third-order valence-corrected chi connectivity index (χ3v) is 4.77. The van der Waals surface area contributed by atoms with E-state index in [9.17, 15) is 4.79 Å². The van der Waals surface area contributed by atoms with Gasteiger partial charge in [0.1, 0.15) is 24.9 Å². The summed E-state index contributed by atoms with van der Waals surface area (Å²) in [7, 11) is 0. The first-order valence-electron chi connectivity index (χ1n) is 9.86. The second kappa shape index (κ2) is 9.65. The molecule has 0 spiro atoms. The standard InChI is InChI=1S/C22H30O6/c1-16(23)25-15-19-21-20(27-22(2,3)28-21)18(26-19)12-8-5-9-13-24-14-17-10-6-4-7-11-17/h4-8,10-11,18-21H,9,12-15H2,1-3H3/b8-5+/t18-,19+,20-,21+/m0/s1. The van der Waals surface area contributed by atoms with Crippen LogP contribution in [0.2, 0.25) is 0 Å². The highest BCUT2D eigenvalue weighted by molar-refractivity contribution is 5.65. The largest absolute Gasteiger partial charge is 0.463 e. The van der Waals surface area contributed by atoms with Crippen LogP contribution < -0.4 is 0 Å². The third kappa shape index (κ3) is 5.88. The Bertz CT molecular complexity index is 656. The molecular formula is C22H30O6. The Morgan fingerprint density at radius 1 is 1.11 bits per heavy atom. The van der Waals surface area contributed by atoms with Crippen LogP contribution in [0.15, 0.2) is 42.5 Å². The van der Waals surface area contributed by atoms with Gasteiger partial charge in [0.25, 0.3) is 0 Å². The Hall–Kier alpha value is -1.73. The molecule has 4 atom stereocenters. The van der Waals surface area contributed by atoms with Crippen molar-refractivity contribution in [3.05, 3.63) is 48.0 Å². The fraction of sp³-hybridized carbons (Fsp3) is 0.591. The summed E-state index contributed by atoms with van der Waals surface area (Å²) >= 11 is 0. The van der Waals surface area contributed by atoms with Crippen LogP contribution in [-0.4, -0.2) is 49.4 Å². The molecule has 0 saturated carbocycles. The highest BCUT2D eigenvalue weighted by Gasteiger charge is 2.54. The number of fused-ring (bicyclic) bond motifs is 1. The molecule has 0 bridgehead atoms. The minimum absolute atomic E-state index is 0.117. The van der Waals surface area contributed by atoms with Crippen LogP contribution in [0.1, 0.15) is 39.2 Å². The smallest absolute Gasteiger partial charge is 0.302 e. The second-order valence-corrected chi connectivity index (χ2v) is 7.61. The predicted molar refractivity (Wildman–Crippen MR) is 104 cm³/mol. The maximum atomic E-state index is 11.1. The van der Waals surface area contributed by atoms with Crippen molar-refractivity contribution in [2.45, 2.75) is 70.4 Å². The predicted octanol–water partition coefficient (Wildman–Crippen LogP) is 3.39. The quantitative estimate of drug-likeness (QED) is 0.366. The number of rotatable bonds is 9. The van der Waals surface area contributed by atoms with Gasteiger partial charge in [-0.3, -0.25) is 4.79 Å². The molecule has 6 heteroatoms. The van der Waals surface area contributed by atoms with E-state index >= 15 is 0 Å². The van der Waals surface area contributed by atoms with Crippen LogP contribution in [0.25, 0.3) is 0 Å². The molecule has 0 amide bonds. The fourth-order valence-electron chi connectivity index (χ4n) is 3.56. The van der Waals surface area contributed by atoms with E-state index in [1.165, 1.54) is 12.5 Å². The number of carbonyl (C=O) groups excluding carboxylic acids is 1. The summed E-state index contributed by atoms with van der Waals surface area (Å²) in [5.41, 5.74) is 1.18. The van der Waals surface area contributed by atoms with E-state index in [-0.39, 0.29) is 37.0 Å². The summed E-state index contributed by atoms with van der Waals surface area (Å²) in [6.07, 6.45) is 4.96. The zero-order chi connectivity index (χ0) is 20.0.